The molecule has 3 aromatic rings. The molecule has 0 unspecified atom stereocenters. The van der Waals surface area contributed by atoms with Crippen molar-refractivity contribution in [2.45, 2.75) is 51.0 Å². The molecule has 1 amide bonds. The third-order valence-corrected chi connectivity index (χ3v) is 7.93. The number of carbonyl (C=O) groups excluding carboxylic acids is 1. The summed E-state index contributed by atoms with van der Waals surface area (Å²) >= 11 is 0. The summed E-state index contributed by atoms with van der Waals surface area (Å²) in [6, 6.07) is 15.3. The number of piperidine rings is 1. The van der Waals surface area contributed by atoms with Crippen molar-refractivity contribution in [1.29, 1.82) is 0 Å². The van der Waals surface area contributed by atoms with Crippen LogP contribution in [0.15, 0.2) is 42.5 Å². The summed E-state index contributed by atoms with van der Waals surface area (Å²) in [4.78, 5) is 14.7. The minimum Gasteiger partial charge on any atom is -0.368 e. The SMILES string of the molecule is Cc1ccc(-c2nn[nH]n2)cc1-c1ccc([C@@H]2CC23CCN(C(=O)[C@H]2CCCO2)CC3)cc1. The van der Waals surface area contributed by atoms with E-state index in [1.54, 1.807) is 0 Å². The number of ether oxygens (including phenoxy) is 1. The van der Waals surface area contributed by atoms with Crippen LogP contribution in [0.25, 0.3) is 22.5 Å². The number of aromatic amines is 1. The van der Waals surface area contributed by atoms with Crippen LogP contribution in [0.5, 0.6) is 0 Å². The Labute approximate surface area is 193 Å². The van der Waals surface area contributed by atoms with Crippen LogP contribution >= 0.6 is 0 Å². The first kappa shape index (κ1) is 20.5. The lowest BCUT2D eigenvalue weighted by molar-refractivity contribution is -0.142. The molecule has 1 N–H and O–H groups in total. The highest BCUT2D eigenvalue weighted by Gasteiger charge is 2.55. The van der Waals surface area contributed by atoms with Gasteiger partial charge in [-0.1, -0.05) is 36.4 Å². The number of aromatic nitrogens is 4. The van der Waals surface area contributed by atoms with Gasteiger partial charge in [-0.3, -0.25) is 4.79 Å². The molecular formula is C26H29N5O2. The Morgan fingerprint density at radius 1 is 1.12 bits per heavy atom. The topological polar surface area (TPSA) is 84.0 Å². The van der Waals surface area contributed by atoms with Crippen molar-refractivity contribution in [2.24, 2.45) is 5.41 Å². The predicted molar refractivity (Wildman–Crippen MR) is 124 cm³/mol. The smallest absolute Gasteiger partial charge is 0.251 e. The molecule has 0 bridgehead atoms. The van der Waals surface area contributed by atoms with Crippen molar-refractivity contribution < 1.29 is 9.53 Å². The van der Waals surface area contributed by atoms with Crippen LogP contribution < -0.4 is 0 Å². The molecule has 3 fully saturated rings. The molecule has 1 aliphatic carbocycles. The van der Waals surface area contributed by atoms with E-state index in [1.165, 1.54) is 28.7 Å². The standard InChI is InChI=1S/C26H29N5O2/c1-17-4-5-20(24-27-29-30-28-24)15-21(17)18-6-8-19(9-7-18)22-16-26(22)10-12-31(13-11-26)25(32)23-3-2-14-33-23/h4-9,15,22-23H,2-3,10-14,16H2,1H3,(H,27,28,29,30)/t22-,23+/m0/s1. The van der Waals surface area contributed by atoms with Gasteiger partial charge in [-0.2, -0.15) is 5.21 Å². The lowest BCUT2D eigenvalue weighted by Gasteiger charge is -2.34. The molecule has 7 heteroatoms. The minimum atomic E-state index is -0.191. The zero-order chi connectivity index (χ0) is 22.4. The van der Waals surface area contributed by atoms with Crippen LogP contribution in [-0.4, -0.2) is 57.2 Å². The van der Waals surface area contributed by atoms with Crippen molar-refractivity contribution in [1.82, 2.24) is 25.5 Å². The van der Waals surface area contributed by atoms with E-state index in [4.69, 9.17) is 4.74 Å². The molecule has 2 atom stereocenters. The zero-order valence-electron chi connectivity index (χ0n) is 19.0. The first-order chi connectivity index (χ1) is 16.1. The fraction of sp³-hybridized carbons (Fsp3) is 0.462. The van der Waals surface area contributed by atoms with Gasteiger partial charge >= 0.3 is 0 Å². The van der Waals surface area contributed by atoms with Gasteiger partial charge in [0.25, 0.3) is 5.91 Å². The molecule has 0 radical (unpaired) electrons. The van der Waals surface area contributed by atoms with Crippen molar-refractivity contribution in [3.63, 3.8) is 0 Å². The van der Waals surface area contributed by atoms with Crippen molar-refractivity contribution in [3.05, 3.63) is 53.6 Å². The molecule has 3 aliphatic rings. The van der Waals surface area contributed by atoms with E-state index in [9.17, 15) is 4.79 Å². The molecule has 7 nitrogen and oxygen atoms in total. The van der Waals surface area contributed by atoms with E-state index in [1.807, 2.05) is 11.0 Å². The number of nitrogens with one attached hydrogen (secondary N) is 1. The Hall–Kier alpha value is -3.06. The Morgan fingerprint density at radius 2 is 1.91 bits per heavy atom. The Kier molecular flexibility index (Phi) is 5.02. The van der Waals surface area contributed by atoms with E-state index in [0.717, 1.165) is 50.9 Å². The average Bonchev–Trinajstić information content (AvgIpc) is 3.28. The van der Waals surface area contributed by atoms with Crippen LogP contribution in [0.4, 0.5) is 0 Å². The second-order valence-corrected chi connectivity index (χ2v) is 9.83. The number of aryl methyl sites for hydroxylation is 1. The summed E-state index contributed by atoms with van der Waals surface area (Å²) in [6.07, 6.45) is 5.14. The molecular weight excluding hydrogens is 414 g/mol. The number of amides is 1. The average molecular weight is 444 g/mol. The number of likely N-dealkylation sites (tertiary alicyclic amines) is 1. The molecule has 2 aromatic carbocycles. The van der Waals surface area contributed by atoms with Gasteiger partial charge in [0.15, 0.2) is 0 Å². The fourth-order valence-corrected chi connectivity index (χ4v) is 5.77. The van der Waals surface area contributed by atoms with Gasteiger partial charge in [0, 0.05) is 25.3 Å². The van der Waals surface area contributed by atoms with Crippen LogP contribution in [-0.2, 0) is 9.53 Å². The maximum Gasteiger partial charge on any atom is 0.251 e. The maximum atomic E-state index is 12.7. The number of hydrogen-bond donors (Lipinski definition) is 1. The molecule has 2 aliphatic heterocycles. The summed E-state index contributed by atoms with van der Waals surface area (Å²) in [7, 11) is 0. The number of H-pyrrole nitrogens is 1. The van der Waals surface area contributed by atoms with Gasteiger partial charge in [-0.05, 0) is 83.9 Å². The number of rotatable bonds is 4. The van der Waals surface area contributed by atoms with Crippen molar-refractivity contribution in [3.8, 4) is 22.5 Å². The highest BCUT2D eigenvalue weighted by Crippen LogP contribution is 2.65. The zero-order valence-corrected chi connectivity index (χ0v) is 19.0. The van der Waals surface area contributed by atoms with E-state index in [2.05, 4.69) is 63.9 Å². The van der Waals surface area contributed by atoms with Crippen molar-refractivity contribution in [2.75, 3.05) is 19.7 Å². The second kappa shape index (κ2) is 8.06. The number of hydrogen-bond acceptors (Lipinski definition) is 5. The highest BCUT2D eigenvalue weighted by atomic mass is 16.5. The summed E-state index contributed by atoms with van der Waals surface area (Å²) < 4.78 is 5.61. The number of tetrazole rings is 1. The van der Waals surface area contributed by atoms with Crippen LogP contribution in [0.2, 0.25) is 0 Å². The molecule has 1 saturated carbocycles. The lowest BCUT2D eigenvalue weighted by atomic mass is 9.88. The first-order valence-electron chi connectivity index (χ1n) is 12.0. The molecule has 1 spiro atoms. The molecule has 170 valence electrons. The molecule has 3 heterocycles. The van der Waals surface area contributed by atoms with Crippen LogP contribution in [0, 0.1) is 12.3 Å². The van der Waals surface area contributed by atoms with Gasteiger partial charge in [0.2, 0.25) is 5.82 Å². The van der Waals surface area contributed by atoms with E-state index < -0.39 is 0 Å². The largest absolute Gasteiger partial charge is 0.368 e. The second-order valence-electron chi connectivity index (χ2n) is 9.83. The van der Waals surface area contributed by atoms with E-state index in [0.29, 0.717) is 17.2 Å². The third-order valence-electron chi connectivity index (χ3n) is 7.93. The van der Waals surface area contributed by atoms with Crippen LogP contribution in [0.3, 0.4) is 0 Å². The fourth-order valence-electron chi connectivity index (χ4n) is 5.77. The Balaban J connectivity index is 1.13. The molecule has 33 heavy (non-hydrogen) atoms. The van der Waals surface area contributed by atoms with Gasteiger partial charge < -0.3 is 9.64 Å². The molecule has 1 aromatic heterocycles. The summed E-state index contributed by atoms with van der Waals surface area (Å²) in [5.41, 5.74) is 6.37. The third kappa shape index (κ3) is 3.74. The number of carbonyl (C=O) groups is 1. The Morgan fingerprint density at radius 3 is 2.61 bits per heavy atom. The Bertz CT molecular complexity index is 1140. The van der Waals surface area contributed by atoms with Gasteiger partial charge in [0.1, 0.15) is 6.10 Å². The summed E-state index contributed by atoms with van der Waals surface area (Å²) in [5.74, 6) is 1.43. The number of benzene rings is 2. The molecule has 6 rings (SSSR count). The minimum absolute atomic E-state index is 0.191. The summed E-state index contributed by atoms with van der Waals surface area (Å²) in [5, 5.41) is 14.4. The van der Waals surface area contributed by atoms with Gasteiger partial charge in [-0.15, -0.1) is 10.2 Å². The van der Waals surface area contributed by atoms with Gasteiger partial charge in [0.05, 0.1) is 0 Å². The normalized spacial score (nSPS) is 23.7. The lowest BCUT2D eigenvalue weighted by Crippen LogP contribution is -2.44. The van der Waals surface area contributed by atoms with Crippen LogP contribution in [0.1, 0.15) is 49.1 Å². The maximum absolute atomic E-state index is 12.7. The number of nitrogens with zero attached hydrogens (tertiary/aromatic N) is 4. The monoisotopic (exact) mass is 443 g/mol. The quantitative estimate of drug-likeness (QED) is 0.656. The first-order valence-corrected chi connectivity index (χ1v) is 12.0. The predicted octanol–water partition coefficient (Wildman–Crippen LogP) is 4.12. The molecule has 2 saturated heterocycles. The van der Waals surface area contributed by atoms with Gasteiger partial charge in [-0.25, -0.2) is 0 Å². The van der Waals surface area contributed by atoms with E-state index in [-0.39, 0.29) is 12.0 Å². The summed E-state index contributed by atoms with van der Waals surface area (Å²) in [6.45, 7) is 4.60. The van der Waals surface area contributed by atoms with E-state index >= 15 is 0 Å². The van der Waals surface area contributed by atoms with Crippen molar-refractivity contribution >= 4 is 5.91 Å². The highest BCUT2D eigenvalue weighted by molar-refractivity contribution is 5.81.